The molecule has 126 valence electrons. The summed E-state index contributed by atoms with van der Waals surface area (Å²) >= 11 is 0. The number of carbonyl (C=O) groups excluding carboxylic acids is 1. The summed E-state index contributed by atoms with van der Waals surface area (Å²) in [5, 5.41) is 0. The lowest BCUT2D eigenvalue weighted by Gasteiger charge is -2.31. The largest absolute Gasteiger partial charge is 0.489 e. The molecule has 0 bridgehead atoms. The third kappa shape index (κ3) is 2.70. The highest BCUT2D eigenvalue weighted by atomic mass is 16.6. The van der Waals surface area contributed by atoms with E-state index in [4.69, 9.17) is 9.47 Å². The van der Waals surface area contributed by atoms with Gasteiger partial charge >= 0.3 is 6.09 Å². The van der Waals surface area contributed by atoms with Crippen LogP contribution in [0.1, 0.15) is 38.2 Å². The van der Waals surface area contributed by atoms with Crippen molar-refractivity contribution >= 4 is 11.8 Å². The number of benzene rings is 1. The van der Waals surface area contributed by atoms with Crippen LogP contribution in [-0.4, -0.2) is 24.8 Å². The molecule has 1 saturated heterocycles. The van der Waals surface area contributed by atoms with E-state index < -0.39 is 0 Å². The Hall–Kier alpha value is -2.23. The molecule has 0 aromatic heterocycles. The Bertz CT molecular complexity index is 707. The highest BCUT2D eigenvalue weighted by Crippen LogP contribution is 2.39. The van der Waals surface area contributed by atoms with Crippen LogP contribution in [0.25, 0.3) is 0 Å². The van der Waals surface area contributed by atoms with Gasteiger partial charge in [-0.25, -0.2) is 4.79 Å². The molecular formula is C20H23NO3. The lowest BCUT2D eigenvalue weighted by Crippen LogP contribution is -2.40. The Morgan fingerprint density at radius 2 is 2.25 bits per heavy atom. The maximum atomic E-state index is 12.2. The van der Waals surface area contributed by atoms with Gasteiger partial charge in [0.2, 0.25) is 0 Å². The molecule has 1 aliphatic carbocycles. The molecule has 2 aliphatic heterocycles. The monoisotopic (exact) mass is 325 g/mol. The Kier molecular flexibility index (Phi) is 4.05. The zero-order valence-electron chi connectivity index (χ0n) is 14.0. The quantitative estimate of drug-likeness (QED) is 0.824. The molecule has 0 N–H and O–H groups in total. The van der Waals surface area contributed by atoms with Gasteiger partial charge in [0, 0.05) is 0 Å². The molecule has 2 heterocycles. The summed E-state index contributed by atoms with van der Waals surface area (Å²) in [4.78, 5) is 14.1. The van der Waals surface area contributed by atoms with E-state index >= 15 is 0 Å². The molecule has 4 nitrogen and oxygen atoms in total. The molecule has 1 aromatic rings. The Morgan fingerprint density at radius 1 is 1.33 bits per heavy atom. The zero-order valence-corrected chi connectivity index (χ0v) is 14.0. The molecular weight excluding hydrogens is 302 g/mol. The summed E-state index contributed by atoms with van der Waals surface area (Å²) in [6, 6.07) is 6.21. The van der Waals surface area contributed by atoms with Gasteiger partial charge in [0.15, 0.2) is 0 Å². The number of hydrogen-bond acceptors (Lipinski definition) is 3. The van der Waals surface area contributed by atoms with Crippen molar-refractivity contribution in [2.24, 2.45) is 0 Å². The SMILES string of the molecule is CCC1OC(=O)N2c3ccc(OCC4=CCCC=C4)cc3CCC12. The van der Waals surface area contributed by atoms with E-state index in [0.717, 1.165) is 43.5 Å². The summed E-state index contributed by atoms with van der Waals surface area (Å²) in [5.41, 5.74) is 3.38. The lowest BCUT2D eigenvalue weighted by atomic mass is 9.93. The standard InChI is InChI=1S/C20H23NO3/c1-2-19-18-10-8-15-12-16(23-13-14-6-4-3-5-7-14)9-11-17(15)21(18)20(22)24-19/h4,6-7,9,11-12,18-19H,2-3,5,8,10,13H2,1H3. The zero-order chi connectivity index (χ0) is 16.5. The number of ether oxygens (including phenoxy) is 2. The van der Waals surface area contributed by atoms with Gasteiger partial charge in [-0.1, -0.05) is 25.2 Å². The summed E-state index contributed by atoms with van der Waals surface area (Å²) < 4.78 is 11.4. The second-order valence-corrected chi connectivity index (χ2v) is 6.64. The minimum atomic E-state index is -0.209. The molecule has 1 amide bonds. The van der Waals surface area contributed by atoms with Crippen LogP contribution in [0.2, 0.25) is 0 Å². The minimum absolute atomic E-state index is 0.0200. The second-order valence-electron chi connectivity index (χ2n) is 6.64. The maximum Gasteiger partial charge on any atom is 0.415 e. The molecule has 2 unspecified atom stereocenters. The third-order valence-electron chi connectivity index (χ3n) is 5.11. The number of nitrogens with zero attached hydrogens (tertiary/aromatic N) is 1. The fraction of sp³-hybridized carbons (Fsp3) is 0.450. The normalized spacial score (nSPS) is 25.0. The predicted octanol–water partition coefficient (Wildman–Crippen LogP) is 4.39. The molecule has 0 radical (unpaired) electrons. The number of rotatable bonds is 4. The number of fused-ring (bicyclic) bond motifs is 3. The first-order valence-electron chi connectivity index (χ1n) is 8.87. The van der Waals surface area contributed by atoms with Crippen molar-refractivity contribution in [3.05, 3.63) is 47.6 Å². The van der Waals surface area contributed by atoms with Crippen LogP contribution < -0.4 is 9.64 Å². The molecule has 24 heavy (non-hydrogen) atoms. The van der Waals surface area contributed by atoms with Crippen molar-refractivity contribution in [3.63, 3.8) is 0 Å². The van der Waals surface area contributed by atoms with Gasteiger partial charge in [-0.2, -0.15) is 0 Å². The molecule has 0 saturated carbocycles. The molecule has 0 spiro atoms. The third-order valence-corrected chi connectivity index (χ3v) is 5.11. The van der Waals surface area contributed by atoms with Gasteiger partial charge in [0.1, 0.15) is 18.5 Å². The van der Waals surface area contributed by atoms with Gasteiger partial charge in [-0.15, -0.1) is 0 Å². The summed E-state index contributed by atoms with van der Waals surface area (Å²) in [5.74, 6) is 0.867. The van der Waals surface area contributed by atoms with Crippen molar-refractivity contribution in [1.29, 1.82) is 0 Å². The Morgan fingerprint density at radius 3 is 3.04 bits per heavy atom. The van der Waals surface area contributed by atoms with Crippen LogP contribution in [-0.2, 0) is 11.2 Å². The molecule has 1 fully saturated rings. The maximum absolute atomic E-state index is 12.2. The van der Waals surface area contributed by atoms with Crippen LogP contribution in [0.5, 0.6) is 5.75 Å². The van der Waals surface area contributed by atoms with Crippen molar-refractivity contribution in [3.8, 4) is 5.75 Å². The van der Waals surface area contributed by atoms with E-state index in [-0.39, 0.29) is 18.2 Å². The van der Waals surface area contributed by atoms with Gasteiger partial charge in [0.05, 0.1) is 11.7 Å². The van der Waals surface area contributed by atoms with Crippen LogP contribution in [0.4, 0.5) is 10.5 Å². The number of aryl methyl sites for hydroxylation is 1. The van der Waals surface area contributed by atoms with Crippen LogP contribution in [0, 0.1) is 0 Å². The van der Waals surface area contributed by atoms with Crippen molar-refractivity contribution in [2.45, 2.75) is 51.2 Å². The number of amides is 1. The van der Waals surface area contributed by atoms with Gasteiger partial charge < -0.3 is 9.47 Å². The smallest absolute Gasteiger partial charge is 0.415 e. The number of carbonyl (C=O) groups is 1. The first-order chi connectivity index (χ1) is 11.8. The summed E-state index contributed by atoms with van der Waals surface area (Å²) in [6.07, 6.45) is 11.4. The molecule has 4 rings (SSSR count). The number of hydrogen-bond donors (Lipinski definition) is 0. The first-order valence-corrected chi connectivity index (χ1v) is 8.87. The van der Waals surface area contributed by atoms with Crippen LogP contribution >= 0.6 is 0 Å². The summed E-state index contributed by atoms with van der Waals surface area (Å²) in [6.45, 7) is 2.67. The average Bonchev–Trinajstić information content (AvgIpc) is 2.97. The number of allylic oxidation sites excluding steroid dienone is 2. The highest BCUT2D eigenvalue weighted by molar-refractivity contribution is 5.92. The van der Waals surface area contributed by atoms with E-state index in [1.165, 1.54) is 11.1 Å². The molecule has 4 heteroatoms. The van der Waals surface area contributed by atoms with E-state index in [0.29, 0.717) is 6.61 Å². The topological polar surface area (TPSA) is 38.8 Å². The Labute approximate surface area is 142 Å². The molecule has 2 atom stereocenters. The Balaban J connectivity index is 1.51. The van der Waals surface area contributed by atoms with E-state index in [9.17, 15) is 4.79 Å². The lowest BCUT2D eigenvalue weighted by molar-refractivity contribution is 0.128. The fourth-order valence-corrected chi connectivity index (χ4v) is 3.85. The van der Waals surface area contributed by atoms with E-state index in [1.807, 2.05) is 17.0 Å². The molecule has 3 aliphatic rings. The van der Waals surface area contributed by atoms with Crippen molar-refractivity contribution < 1.29 is 14.3 Å². The van der Waals surface area contributed by atoms with Crippen LogP contribution in [0.15, 0.2) is 42.0 Å². The second kappa shape index (κ2) is 6.34. The highest BCUT2D eigenvalue weighted by Gasteiger charge is 2.44. The van der Waals surface area contributed by atoms with E-state index in [1.54, 1.807) is 0 Å². The number of anilines is 1. The van der Waals surface area contributed by atoms with Crippen LogP contribution in [0.3, 0.4) is 0 Å². The van der Waals surface area contributed by atoms with Gasteiger partial charge in [-0.3, -0.25) is 4.90 Å². The van der Waals surface area contributed by atoms with Gasteiger partial charge in [-0.05, 0) is 61.4 Å². The van der Waals surface area contributed by atoms with Crippen molar-refractivity contribution in [1.82, 2.24) is 0 Å². The summed E-state index contributed by atoms with van der Waals surface area (Å²) in [7, 11) is 0. The minimum Gasteiger partial charge on any atom is -0.489 e. The molecule has 1 aromatic carbocycles. The number of cyclic esters (lactones) is 1. The van der Waals surface area contributed by atoms with E-state index in [2.05, 4.69) is 31.2 Å². The fourth-order valence-electron chi connectivity index (χ4n) is 3.85. The van der Waals surface area contributed by atoms with Crippen molar-refractivity contribution in [2.75, 3.05) is 11.5 Å². The van der Waals surface area contributed by atoms with Gasteiger partial charge in [0.25, 0.3) is 0 Å². The average molecular weight is 325 g/mol. The first kappa shape index (κ1) is 15.3. The predicted molar refractivity (Wildman–Crippen MR) is 93.5 cm³/mol.